The molecule has 0 unspecified atom stereocenters. The average Bonchev–Trinajstić information content (AvgIpc) is 3.18. The molecule has 0 radical (unpaired) electrons. The maximum atomic E-state index is 12.1. The first-order valence-corrected chi connectivity index (χ1v) is 6.64. The minimum Gasteiger partial charge on any atom is -0.484 e. The molecule has 0 aromatic heterocycles. The van der Waals surface area contributed by atoms with E-state index in [-0.39, 0.29) is 12.5 Å². The van der Waals surface area contributed by atoms with Crippen LogP contribution in [0.4, 0.5) is 0 Å². The minimum atomic E-state index is 0.107. The van der Waals surface area contributed by atoms with E-state index in [1.54, 1.807) is 0 Å². The van der Waals surface area contributed by atoms with Gasteiger partial charge in [-0.15, -0.1) is 0 Å². The number of carbonyl (C=O) groups is 1. The Bertz CT molecular complexity index is 385. The summed E-state index contributed by atoms with van der Waals surface area (Å²) in [5.74, 6) is 1.37. The van der Waals surface area contributed by atoms with Crippen molar-refractivity contribution in [2.24, 2.45) is 5.92 Å². The van der Waals surface area contributed by atoms with Gasteiger partial charge in [0, 0.05) is 12.6 Å². The molecule has 1 fully saturated rings. The van der Waals surface area contributed by atoms with E-state index >= 15 is 0 Å². The highest BCUT2D eigenvalue weighted by Crippen LogP contribution is 2.27. The van der Waals surface area contributed by atoms with Crippen molar-refractivity contribution in [2.75, 3.05) is 13.2 Å². The Morgan fingerprint density at radius 3 is 2.56 bits per heavy atom. The molecule has 0 heterocycles. The van der Waals surface area contributed by atoms with Crippen LogP contribution in [0.3, 0.4) is 0 Å². The van der Waals surface area contributed by atoms with Crippen LogP contribution in [-0.4, -0.2) is 30.0 Å². The van der Waals surface area contributed by atoms with Crippen molar-refractivity contribution < 1.29 is 9.53 Å². The Hall–Kier alpha value is -1.51. The number of hydrogen-bond acceptors (Lipinski definition) is 2. The molecule has 0 spiro atoms. The first-order chi connectivity index (χ1) is 8.66. The van der Waals surface area contributed by atoms with Gasteiger partial charge in [0.25, 0.3) is 5.91 Å². The van der Waals surface area contributed by atoms with E-state index in [0.29, 0.717) is 12.0 Å². The van der Waals surface area contributed by atoms with E-state index in [4.69, 9.17) is 4.74 Å². The second kappa shape index (κ2) is 5.89. The summed E-state index contributed by atoms with van der Waals surface area (Å²) in [6, 6.07) is 9.96. The van der Waals surface area contributed by atoms with Crippen molar-refractivity contribution in [2.45, 2.75) is 32.7 Å². The van der Waals surface area contributed by atoms with Gasteiger partial charge in [0.1, 0.15) is 5.75 Å². The van der Waals surface area contributed by atoms with Gasteiger partial charge >= 0.3 is 0 Å². The summed E-state index contributed by atoms with van der Waals surface area (Å²) in [6.45, 7) is 5.26. The fraction of sp³-hybridized carbons (Fsp3) is 0.533. The standard InChI is InChI=1S/C15H21NO2/c1-12(2)10-16(13-8-9-13)15(17)11-18-14-6-4-3-5-7-14/h3-7,12-13H,8-11H2,1-2H3. The number of carbonyl (C=O) groups excluding carboxylic acids is 1. The third-order valence-corrected chi connectivity index (χ3v) is 2.98. The third kappa shape index (κ3) is 3.76. The lowest BCUT2D eigenvalue weighted by molar-refractivity contribution is -0.134. The van der Waals surface area contributed by atoms with E-state index in [9.17, 15) is 4.79 Å². The van der Waals surface area contributed by atoms with Crippen LogP contribution in [-0.2, 0) is 4.79 Å². The maximum absolute atomic E-state index is 12.1. The van der Waals surface area contributed by atoms with Crippen molar-refractivity contribution in [3.8, 4) is 5.75 Å². The molecule has 1 aromatic rings. The Labute approximate surface area is 109 Å². The zero-order chi connectivity index (χ0) is 13.0. The van der Waals surface area contributed by atoms with Gasteiger partial charge < -0.3 is 9.64 Å². The fourth-order valence-corrected chi connectivity index (χ4v) is 1.98. The van der Waals surface area contributed by atoms with Crippen molar-refractivity contribution in [1.29, 1.82) is 0 Å². The summed E-state index contributed by atoms with van der Waals surface area (Å²) in [6.07, 6.45) is 2.29. The van der Waals surface area contributed by atoms with Crippen LogP contribution in [0.25, 0.3) is 0 Å². The summed E-state index contributed by atoms with van der Waals surface area (Å²) in [7, 11) is 0. The molecular formula is C15H21NO2. The van der Waals surface area contributed by atoms with E-state index in [0.717, 1.165) is 25.1 Å². The minimum absolute atomic E-state index is 0.107. The largest absolute Gasteiger partial charge is 0.484 e. The molecule has 1 aromatic carbocycles. The van der Waals surface area contributed by atoms with Crippen LogP contribution in [0.5, 0.6) is 5.75 Å². The molecular weight excluding hydrogens is 226 g/mol. The Morgan fingerprint density at radius 2 is 2.00 bits per heavy atom. The lowest BCUT2D eigenvalue weighted by atomic mass is 10.2. The lowest BCUT2D eigenvalue weighted by Crippen LogP contribution is -2.39. The maximum Gasteiger partial charge on any atom is 0.260 e. The summed E-state index contributed by atoms with van der Waals surface area (Å²) in [4.78, 5) is 14.1. The van der Waals surface area contributed by atoms with E-state index < -0.39 is 0 Å². The third-order valence-electron chi connectivity index (χ3n) is 2.98. The summed E-state index contributed by atoms with van der Waals surface area (Å²) < 4.78 is 5.52. The summed E-state index contributed by atoms with van der Waals surface area (Å²) >= 11 is 0. The van der Waals surface area contributed by atoms with Gasteiger partial charge in [-0.2, -0.15) is 0 Å². The highest BCUT2D eigenvalue weighted by atomic mass is 16.5. The Kier molecular flexibility index (Phi) is 4.24. The number of rotatable bonds is 6. The summed E-state index contributed by atoms with van der Waals surface area (Å²) in [5.41, 5.74) is 0. The number of hydrogen-bond donors (Lipinski definition) is 0. The van der Waals surface area contributed by atoms with Gasteiger partial charge in [0.05, 0.1) is 0 Å². The smallest absolute Gasteiger partial charge is 0.260 e. The lowest BCUT2D eigenvalue weighted by Gasteiger charge is -2.24. The predicted octanol–water partition coefficient (Wildman–Crippen LogP) is 2.71. The molecule has 3 heteroatoms. The zero-order valence-electron chi connectivity index (χ0n) is 11.1. The quantitative estimate of drug-likeness (QED) is 0.773. The topological polar surface area (TPSA) is 29.5 Å². The van der Waals surface area contributed by atoms with Crippen LogP contribution >= 0.6 is 0 Å². The SMILES string of the molecule is CC(C)CN(C(=O)COc1ccccc1)C1CC1. The van der Waals surface area contributed by atoms with Crippen molar-refractivity contribution in [3.63, 3.8) is 0 Å². The number of ether oxygens (including phenoxy) is 1. The molecule has 0 N–H and O–H groups in total. The van der Waals surface area contributed by atoms with Gasteiger partial charge in [-0.05, 0) is 30.9 Å². The molecule has 3 nitrogen and oxygen atoms in total. The van der Waals surface area contributed by atoms with Gasteiger partial charge in [-0.1, -0.05) is 32.0 Å². The molecule has 0 aliphatic heterocycles. The van der Waals surface area contributed by atoms with Crippen LogP contribution in [0, 0.1) is 5.92 Å². The van der Waals surface area contributed by atoms with E-state index in [2.05, 4.69) is 13.8 Å². The second-order valence-corrected chi connectivity index (χ2v) is 5.27. The molecule has 1 aliphatic rings. The normalized spacial score (nSPS) is 14.6. The number of nitrogens with zero attached hydrogens (tertiary/aromatic N) is 1. The molecule has 18 heavy (non-hydrogen) atoms. The van der Waals surface area contributed by atoms with Crippen molar-refractivity contribution >= 4 is 5.91 Å². The van der Waals surface area contributed by atoms with Gasteiger partial charge in [-0.3, -0.25) is 4.79 Å². The molecule has 0 atom stereocenters. The van der Waals surface area contributed by atoms with Crippen molar-refractivity contribution in [1.82, 2.24) is 4.90 Å². The van der Waals surface area contributed by atoms with Crippen molar-refractivity contribution in [3.05, 3.63) is 30.3 Å². The van der Waals surface area contributed by atoms with E-state index in [1.165, 1.54) is 0 Å². The Morgan fingerprint density at radius 1 is 1.33 bits per heavy atom. The zero-order valence-corrected chi connectivity index (χ0v) is 11.1. The number of benzene rings is 1. The van der Waals surface area contributed by atoms with Gasteiger partial charge in [0.15, 0.2) is 6.61 Å². The molecule has 1 aliphatic carbocycles. The monoisotopic (exact) mass is 247 g/mol. The van der Waals surface area contributed by atoms with Gasteiger partial charge in [-0.25, -0.2) is 0 Å². The van der Waals surface area contributed by atoms with Crippen LogP contribution < -0.4 is 4.74 Å². The molecule has 98 valence electrons. The summed E-state index contributed by atoms with van der Waals surface area (Å²) in [5, 5.41) is 0. The highest BCUT2D eigenvalue weighted by molar-refractivity contribution is 5.78. The van der Waals surface area contributed by atoms with Crippen LogP contribution in [0.2, 0.25) is 0 Å². The highest BCUT2D eigenvalue weighted by Gasteiger charge is 2.32. The van der Waals surface area contributed by atoms with E-state index in [1.807, 2.05) is 35.2 Å². The molecule has 2 rings (SSSR count). The average molecular weight is 247 g/mol. The first kappa shape index (κ1) is 12.9. The molecule has 1 saturated carbocycles. The predicted molar refractivity (Wildman–Crippen MR) is 71.5 cm³/mol. The second-order valence-electron chi connectivity index (χ2n) is 5.27. The molecule has 1 amide bonds. The van der Waals surface area contributed by atoms with Crippen LogP contribution in [0.1, 0.15) is 26.7 Å². The van der Waals surface area contributed by atoms with Crippen LogP contribution in [0.15, 0.2) is 30.3 Å². The Balaban J connectivity index is 1.85. The first-order valence-electron chi connectivity index (χ1n) is 6.64. The fourth-order valence-electron chi connectivity index (χ4n) is 1.98. The number of amides is 1. The molecule has 0 saturated heterocycles. The van der Waals surface area contributed by atoms with Gasteiger partial charge in [0.2, 0.25) is 0 Å². The number of para-hydroxylation sites is 1. The molecule has 0 bridgehead atoms.